The first-order valence-corrected chi connectivity index (χ1v) is 5.65. The van der Waals surface area contributed by atoms with E-state index in [0.29, 0.717) is 6.42 Å². The second kappa shape index (κ2) is 6.15. The third-order valence-electron chi connectivity index (χ3n) is 2.75. The largest absolute Gasteiger partial charge is 0.480 e. The van der Waals surface area contributed by atoms with Crippen molar-refractivity contribution < 1.29 is 19.5 Å². The Bertz CT molecular complexity index is 380. The van der Waals surface area contributed by atoms with E-state index in [1.807, 2.05) is 0 Å². The number of carboxylic acid groups (broad SMARTS) is 1. The number of nitrogens with two attached hydrogens (primary N) is 2. The van der Waals surface area contributed by atoms with E-state index < -0.39 is 29.7 Å². The lowest BCUT2D eigenvalue weighted by Gasteiger charge is -2.16. The average molecular weight is 255 g/mol. The minimum absolute atomic E-state index is 0.0150. The number of nitrogens with one attached hydrogen (secondary N) is 1. The van der Waals surface area contributed by atoms with Gasteiger partial charge in [-0.15, -0.1) is 0 Å². The lowest BCUT2D eigenvalue weighted by molar-refractivity contribution is -0.142. The Morgan fingerprint density at radius 3 is 2.50 bits per heavy atom. The zero-order valence-electron chi connectivity index (χ0n) is 9.83. The van der Waals surface area contributed by atoms with Gasteiger partial charge in [0.15, 0.2) is 0 Å². The molecule has 0 saturated heterocycles. The first kappa shape index (κ1) is 14.2. The van der Waals surface area contributed by atoms with Crippen LogP contribution >= 0.6 is 0 Å². The Morgan fingerprint density at radius 2 is 2.06 bits per heavy atom. The van der Waals surface area contributed by atoms with Gasteiger partial charge < -0.3 is 21.9 Å². The number of carbonyl (C=O) groups is 3. The molecule has 0 fully saturated rings. The van der Waals surface area contributed by atoms with Gasteiger partial charge in [0.25, 0.3) is 0 Å². The van der Waals surface area contributed by atoms with Crippen molar-refractivity contribution in [2.24, 2.45) is 17.4 Å². The molecule has 100 valence electrons. The Hall–Kier alpha value is -1.89. The van der Waals surface area contributed by atoms with Crippen LogP contribution in [0.25, 0.3) is 0 Å². The minimum atomic E-state index is -1.18. The molecular formula is C11H17N3O4. The van der Waals surface area contributed by atoms with Crippen molar-refractivity contribution in [3.63, 3.8) is 0 Å². The standard InChI is InChI=1S/C11H17N3O4/c12-7-2-1-6(5-7)10(16)14-8(11(17)18)3-4-9(13)15/h1-2,6-8H,3-5,12H2,(H2,13,15)(H,14,16)(H,17,18)/t6?,7?,8-/m1/s1. The molecule has 0 heterocycles. The first-order valence-electron chi connectivity index (χ1n) is 5.65. The summed E-state index contributed by atoms with van der Waals surface area (Å²) >= 11 is 0. The van der Waals surface area contributed by atoms with Crippen LogP contribution in [-0.4, -0.2) is 35.0 Å². The summed E-state index contributed by atoms with van der Waals surface area (Å²) in [6.07, 6.45) is 3.74. The maximum absolute atomic E-state index is 11.8. The Balaban J connectivity index is 2.50. The minimum Gasteiger partial charge on any atom is -0.480 e. The van der Waals surface area contributed by atoms with Gasteiger partial charge in [0, 0.05) is 12.5 Å². The van der Waals surface area contributed by atoms with E-state index in [1.165, 1.54) is 0 Å². The fourth-order valence-electron chi connectivity index (χ4n) is 1.74. The number of rotatable bonds is 6. The predicted molar refractivity (Wildman–Crippen MR) is 63.2 cm³/mol. The van der Waals surface area contributed by atoms with E-state index in [-0.39, 0.29) is 18.9 Å². The lowest BCUT2D eigenvalue weighted by Crippen LogP contribution is -2.43. The molecule has 0 aromatic heterocycles. The van der Waals surface area contributed by atoms with Crippen LogP contribution < -0.4 is 16.8 Å². The van der Waals surface area contributed by atoms with Crippen LogP contribution in [0.3, 0.4) is 0 Å². The number of primary amides is 1. The zero-order valence-corrected chi connectivity index (χ0v) is 9.83. The molecular weight excluding hydrogens is 238 g/mol. The van der Waals surface area contributed by atoms with Gasteiger partial charge in [-0.25, -0.2) is 4.79 Å². The summed E-state index contributed by atoms with van der Waals surface area (Å²) in [4.78, 5) is 33.3. The number of carbonyl (C=O) groups excluding carboxylic acids is 2. The molecule has 1 rings (SSSR count). The van der Waals surface area contributed by atoms with E-state index in [0.717, 1.165) is 0 Å². The summed E-state index contributed by atoms with van der Waals surface area (Å²) in [7, 11) is 0. The summed E-state index contributed by atoms with van der Waals surface area (Å²) in [6, 6.07) is -1.27. The monoisotopic (exact) mass is 255 g/mol. The van der Waals surface area contributed by atoms with Crippen LogP contribution in [-0.2, 0) is 14.4 Å². The smallest absolute Gasteiger partial charge is 0.326 e. The number of hydrogen-bond donors (Lipinski definition) is 4. The van der Waals surface area contributed by atoms with Crippen molar-refractivity contribution >= 4 is 17.8 Å². The SMILES string of the molecule is NC(=O)CC[C@@H](NC(=O)C1C=CC(N)C1)C(=O)O. The fourth-order valence-corrected chi connectivity index (χ4v) is 1.74. The molecule has 0 bridgehead atoms. The first-order chi connectivity index (χ1) is 8.40. The van der Waals surface area contributed by atoms with Crippen LogP contribution in [0.1, 0.15) is 19.3 Å². The summed E-state index contributed by atoms with van der Waals surface area (Å²) in [5.41, 5.74) is 10.5. The van der Waals surface area contributed by atoms with Crippen LogP contribution in [0, 0.1) is 5.92 Å². The third kappa shape index (κ3) is 4.17. The van der Waals surface area contributed by atoms with Crippen LogP contribution in [0.5, 0.6) is 0 Å². The average Bonchev–Trinajstić information content (AvgIpc) is 2.70. The third-order valence-corrected chi connectivity index (χ3v) is 2.75. The number of carboxylic acids is 1. The lowest BCUT2D eigenvalue weighted by atomic mass is 10.1. The molecule has 0 aromatic carbocycles. The predicted octanol–water partition coefficient (Wildman–Crippen LogP) is -1.28. The van der Waals surface area contributed by atoms with Crippen molar-refractivity contribution in [2.75, 3.05) is 0 Å². The van der Waals surface area contributed by atoms with Gasteiger partial charge in [-0.2, -0.15) is 0 Å². The van der Waals surface area contributed by atoms with Crippen molar-refractivity contribution in [3.05, 3.63) is 12.2 Å². The van der Waals surface area contributed by atoms with Gasteiger partial charge in [0.1, 0.15) is 6.04 Å². The summed E-state index contributed by atoms with van der Waals surface area (Å²) < 4.78 is 0. The van der Waals surface area contributed by atoms with E-state index in [4.69, 9.17) is 16.6 Å². The van der Waals surface area contributed by atoms with E-state index >= 15 is 0 Å². The highest BCUT2D eigenvalue weighted by Gasteiger charge is 2.27. The van der Waals surface area contributed by atoms with Gasteiger partial charge in [0.05, 0.1) is 5.92 Å². The quantitative estimate of drug-likeness (QED) is 0.438. The molecule has 2 unspecified atom stereocenters. The Labute approximate surface area is 104 Å². The molecule has 0 spiro atoms. The molecule has 7 nitrogen and oxygen atoms in total. The Morgan fingerprint density at radius 1 is 1.39 bits per heavy atom. The maximum Gasteiger partial charge on any atom is 0.326 e. The second-order valence-electron chi connectivity index (χ2n) is 4.30. The molecule has 3 atom stereocenters. The maximum atomic E-state index is 11.8. The summed E-state index contributed by atoms with van der Waals surface area (Å²) in [5.74, 6) is -2.58. The zero-order chi connectivity index (χ0) is 13.7. The van der Waals surface area contributed by atoms with Crippen LogP contribution in [0.15, 0.2) is 12.2 Å². The van der Waals surface area contributed by atoms with E-state index in [1.54, 1.807) is 12.2 Å². The second-order valence-corrected chi connectivity index (χ2v) is 4.30. The topological polar surface area (TPSA) is 136 Å². The van der Waals surface area contributed by atoms with Crippen LogP contribution in [0.2, 0.25) is 0 Å². The molecule has 0 saturated carbocycles. The van der Waals surface area contributed by atoms with Gasteiger partial charge in [-0.1, -0.05) is 12.2 Å². The molecule has 6 N–H and O–H groups in total. The molecule has 0 aromatic rings. The van der Waals surface area contributed by atoms with Gasteiger partial charge >= 0.3 is 5.97 Å². The number of hydrogen-bond acceptors (Lipinski definition) is 4. The number of aliphatic carboxylic acids is 1. The van der Waals surface area contributed by atoms with Crippen LogP contribution in [0.4, 0.5) is 0 Å². The van der Waals surface area contributed by atoms with E-state index in [2.05, 4.69) is 5.32 Å². The molecule has 18 heavy (non-hydrogen) atoms. The highest BCUT2D eigenvalue weighted by Crippen LogP contribution is 2.16. The fraction of sp³-hybridized carbons (Fsp3) is 0.545. The van der Waals surface area contributed by atoms with Crippen molar-refractivity contribution in [1.82, 2.24) is 5.32 Å². The summed E-state index contributed by atoms with van der Waals surface area (Å²) in [6.45, 7) is 0. The van der Waals surface area contributed by atoms with Crippen molar-refractivity contribution in [1.29, 1.82) is 0 Å². The van der Waals surface area contributed by atoms with E-state index in [9.17, 15) is 14.4 Å². The van der Waals surface area contributed by atoms with Crippen molar-refractivity contribution in [2.45, 2.75) is 31.3 Å². The number of amides is 2. The highest BCUT2D eigenvalue weighted by molar-refractivity contribution is 5.86. The normalized spacial score (nSPS) is 23.6. The van der Waals surface area contributed by atoms with Gasteiger partial charge in [0.2, 0.25) is 11.8 Å². The molecule has 2 amide bonds. The molecule has 0 radical (unpaired) electrons. The molecule has 1 aliphatic carbocycles. The van der Waals surface area contributed by atoms with Gasteiger partial charge in [-0.05, 0) is 12.8 Å². The van der Waals surface area contributed by atoms with Crippen molar-refractivity contribution in [3.8, 4) is 0 Å². The Kier molecular flexibility index (Phi) is 4.85. The molecule has 1 aliphatic rings. The highest BCUT2D eigenvalue weighted by atomic mass is 16.4. The molecule has 7 heteroatoms. The van der Waals surface area contributed by atoms with Gasteiger partial charge in [-0.3, -0.25) is 9.59 Å². The molecule has 0 aliphatic heterocycles. The summed E-state index contributed by atoms with van der Waals surface area (Å²) in [5, 5.41) is 11.3.